The first-order valence-electron chi connectivity index (χ1n) is 5.86. The number of halogens is 1. The molecule has 0 saturated heterocycles. The second kappa shape index (κ2) is 5.91. The first kappa shape index (κ1) is 13.0. The lowest BCUT2D eigenvalue weighted by Crippen LogP contribution is -2.06. The fourth-order valence-corrected chi connectivity index (χ4v) is 2.36. The number of aromatic nitrogens is 3. The molecule has 2 aromatic heterocycles. The van der Waals surface area contributed by atoms with E-state index in [0.29, 0.717) is 0 Å². The Morgan fingerprint density at radius 1 is 1.22 bits per heavy atom. The standard InChI is InChI=1S/C13H15BrN4/c1-3-10-12(14)13(15-2)18-11(17-10)8-9-4-6-16-7-5-9/h4-7H,3,8H2,1-2H3,(H,15,17,18). The van der Waals surface area contributed by atoms with Gasteiger partial charge in [0.05, 0.1) is 10.2 Å². The molecule has 2 aromatic rings. The van der Waals surface area contributed by atoms with Crippen molar-refractivity contribution >= 4 is 21.7 Å². The van der Waals surface area contributed by atoms with Crippen molar-refractivity contribution in [2.75, 3.05) is 12.4 Å². The topological polar surface area (TPSA) is 50.7 Å². The van der Waals surface area contributed by atoms with Crippen LogP contribution in [0.3, 0.4) is 0 Å². The summed E-state index contributed by atoms with van der Waals surface area (Å²) in [5.74, 6) is 1.66. The molecular formula is C13H15BrN4. The second-order valence-electron chi connectivity index (χ2n) is 3.88. The molecule has 0 aliphatic carbocycles. The molecule has 1 N–H and O–H groups in total. The number of hydrogen-bond acceptors (Lipinski definition) is 4. The molecular weight excluding hydrogens is 292 g/mol. The summed E-state index contributed by atoms with van der Waals surface area (Å²) in [6.07, 6.45) is 5.17. The van der Waals surface area contributed by atoms with E-state index in [4.69, 9.17) is 0 Å². The maximum atomic E-state index is 4.58. The zero-order valence-electron chi connectivity index (χ0n) is 10.4. The third-order valence-electron chi connectivity index (χ3n) is 2.65. The molecule has 5 heteroatoms. The van der Waals surface area contributed by atoms with Crippen molar-refractivity contribution in [3.05, 3.63) is 46.1 Å². The highest BCUT2D eigenvalue weighted by Crippen LogP contribution is 2.24. The van der Waals surface area contributed by atoms with E-state index in [1.807, 2.05) is 19.2 Å². The molecule has 18 heavy (non-hydrogen) atoms. The number of nitrogens with one attached hydrogen (secondary N) is 1. The monoisotopic (exact) mass is 306 g/mol. The SMILES string of the molecule is CCc1nc(Cc2ccncc2)nc(NC)c1Br. The second-order valence-corrected chi connectivity index (χ2v) is 4.68. The van der Waals surface area contributed by atoms with Crippen LogP contribution < -0.4 is 5.32 Å². The molecule has 0 amide bonds. The number of pyridine rings is 1. The van der Waals surface area contributed by atoms with Crippen LogP contribution in [0.25, 0.3) is 0 Å². The first-order chi connectivity index (χ1) is 8.74. The maximum Gasteiger partial charge on any atom is 0.144 e. The van der Waals surface area contributed by atoms with Crippen LogP contribution in [0.2, 0.25) is 0 Å². The number of hydrogen-bond donors (Lipinski definition) is 1. The molecule has 0 aliphatic heterocycles. The molecule has 0 saturated carbocycles. The van der Waals surface area contributed by atoms with Crippen LogP contribution in [0.4, 0.5) is 5.82 Å². The Morgan fingerprint density at radius 3 is 2.56 bits per heavy atom. The predicted octanol–water partition coefficient (Wildman–Crippen LogP) is 2.83. The minimum Gasteiger partial charge on any atom is -0.372 e. The number of anilines is 1. The lowest BCUT2D eigenvalue weighted by atomic mass is 10.2. The fraction of sp³-hybridized carbons (Fsp3) is 0.308. The van der Waals surface area contributed by atoms with Gasteiger partial charge in [-0.2, -0.15) is 0 Å². The summed E-state index contributed by atoms with van der Waals surface area (Å²) in [5.41, 5.74) is 2.19. The Bertz CT molecular complexity index is 503. The van der Waals surface area contributed by atoms with Crippen LogP contribution in [0.15, 0.2) is 29.0 Å². The van der Waals surface area contributed by atoms with Crippen LogP contribution in [-0.2, 0) is 12.8 Å². The van der Waals surface area contributed by atoms with E-state index >= 15 is 0 Å². The molecule has 0 spiro atoms. The van der Waals surface area contributed by atoms with Gasteiger partial charge in [-0.25, -0.2) is 9.97 Å². The van der Waals surface area contributed by atoms with E-state index in [-0.39, 0.29) is 0 Å². The molecule has 2 rings (SSSR count). The van der Waals surface area contributed by atoms with Crippen molar-refractivity contribution in [1.82, 2.24) is 15.0 Å². The highest BCUT2D eigenvalue weighted by molar-refractivity contribution is 9.10. The third kappa shape index (κ3) is 2.85. The lowest BCUT2D eigenvalue weighted by molar-refractivity contribution is 0.897. The van der Waals surface area contributed by atoms with Crippen molar-refractivity contribution in [2.24, 2.45) is 0 Å². The summed E-state index contributed by atoms with van der Waals surface area (Å²) in [7, 11) is 1.86. The van der Waals surface area contributed by atoms with Gasteiger partial charge in [0.1, 0.15) is 11.6 Å². The van der Waals surface area contributed by atoms with E-state index < -0.39 is 0 Å². The molecule has 4 nitrogen and oxygen atoms in total. The quantitative estimate of drug-likeness (QED) is 0.943. The summed E-state index contributed by atoms with van der Waals surface area (Å²) in [4.78, 5) is 13.1. The summed E-state index contributed by atoms with van der Waals surface area (Å²) in [6, 6.07) is 3.96. The Labute approximate surface area is 115 Å². The van der Waals surface area contributed by atoms with Crippen LogP contribution in [0.5, 0.6) is 0 Å². The summed E-state index contributed by atoms with van der Waals surface area (Å²) in [6.45, 7) is 2.09. The molecule has 0 unspecified atom stereocenters. The zero-order valence-corrected chi connectivity index (χ0v) is 12.0. The van der Waals surface area contributed by atoms with E-state index in [2.05, 4.69) is 43.1 Å². The molecule has 0 bridgehead atoms. The predicted molar refractivity (Wildman–Crippen MR) is 75.7 cm³/mol. The van der Waals surface area contributed by atoms with Crippen molar-refractivity contribution < 1.29 is 0 Å². The van der Waals surface area contributed by atoms with Gasteiger partial charge < -0.3 is 5.32 Å². The van der Waals surface area contributed by atoms with Gasteiger partial charge in [0.15, 0.2) is 0 Å². The van der Waals surface area contributed by atoms with Gasteiger partial charge >= 0.3 is 0 Å². The minimum atomic E-state index is 0.720. The van der Waals surface area contributed by atoms with Crippen molar-refractivity contribution in [3.63, 3.8) is 0 Å². The number of aryl methyl sites for hydroxylation is 1. The van der Waals surface area contributed by atoms with E-state index in [9.17, 15) is 0 Å². The van der Waals surface area contributed by atoms with E-state index in [1.54, 1.807) is 12.4 Å². The van der Waals surface area contributed by atoms with Gasteiger partial charge in [0.2, 0.25) is 0 Å². The fourth-order valence-electron chi connectivity index (χ4n) is 1.71. The molecule has 0 radical (unpaired) electrons. The number of rotatable bonds is 4. The summed E-state index contributed by atoms with van der Waals surface area (Å²) in [5, 5.41) is 3.09. The highest BCUT2D eigenvalue weighted by atomic mass is 79.9. The van der Waals surface area contributed by atoms with Gasteiger partial charge in [-0.05, 0) is 40.0 Å². The Kier molecular flexibility index (Phi) is 4.25. The van der Waals surface area contributed by atoms with E-state index in [1.165, 1.54) is 0 Å². The highest BCUT2D eigenvalue weighted by Gasteiger charge is 2.10. The van der Waals surface area contributed by atoms with Crippen molar-refractivity contribution in [2.45, 2.75) is 19.8 Å². The van der Waals surface area contributed by atoms with Crippen LogP contribution in [-0.4, -0.2) is 22.0 Å². The molecule has 0 aromatic carbocycles. The van der Waals surface area contributed by atoms with E-state index in [0.717, 1.165) is 40.2 Å². The van der Waals surface area contributed by atoms with Gasteiger partial charge in [0, 0.05) is 25.9 Å². The smallest absolute Gasteiger partial charge is 0.144 e. The number of nitrogens with zero attached hydrogens (tertiary/aromatic N) is 3. The lowest BCUT2D eigenvalue weighted by Gasteiger charge is -2.09. The molecule has 0 aliphatic rings. The third-order valence-corrected chi connectivity index (χ3v) is 3.48. The Balaban J connectivity index is 2.34. The average molecular weight is 307 g/mol. The minimum absolute atomic E-state index is 0.720. The molecule has 2 heterocycles. The van der Waals surface area contributed by atoms with Crippen molar-refractivity contribution in [1.29, 1.82) is 0 Å². The molecule has 94 valence electrons. The van der Waals surface area contributed by atoms with Crippen LogP contribution in [0, 0.1) is 0 Å². The van der Waals surface area contributed by atoms with Crippen LogP contribution >= 0.6 is 15.9 Å². The maximum absolute atomic E-state index is 4.58. The largest absolute Gasteiger partial charge is 0.372 e. The summed E-state index contributed by atoms with van der Waals surface area (Å²) >= 11 is 3.52. The Morgan fingerprint density at radius 2 is 1.94 bits per heavy atom. The van der Waals surface area contributed by atoms with Gasteiger partial charge in [-0.3, -0.25) is 4.98 Å². The van der Waals surface area contributed by atoms with Gasteiger partial charge in [-0.1, -0.05) is 6.92 Å². The van der Waals surface area contributed by atoms with Crippen LogP contribution in [0.1, 0.15) is 24.0 Å². The van der Waals surface area contributed by atoms with Gasteiger partial charge in [0.25, 0.3) is 0 Å². The normalized spacial score (nSPS) is 10.4. The molecule has 0 fully saturated rings. The molecule has 0 atom stereocenters. The van der Waals surface area contributed by atoms with Crippen molar-refractivity contribution in [3.8, 4) is 0 Å². The summed E-state index contributed by atoms with van der Waals surface area (Å²) < 4.78 is 0.950. The zero-order chi connectivity index (χ0) is 13.0. The first-order valence-corrected chi connectivity index (χ1v) is 6.65. The van der Waals surface area contributed by atoms with Gasteiger partial charge in [-0.15, -0.1) is 0 Å². The Hall–Kier alpha value is -1.49. The average Bonchev–Trinajstić information content (AvgIpc) is 2.41.